The standard InChI is InChI=1S/C23H25NO2/c1-18(17-26-21-9-7-20(25-2)8-10-21)24-15-13-23(14-16-24)12-11-19-5-3-4-6-22(19)23/h3-12H,1,13-17H2,2H3. The smallest absolute Gasteiger partial charge is 0.127 e. The van der Waals surface area contributed by atoms with Crippen LogP contribution in [0, 0.1) is 0 Å². The van der Waals surface area contributed by atoms with E-state index in [1.807, 2.05) is 24.3 Å². The third-order valence-electron chi connectivity index (χ3n) is 5.65. The molecule has 0 unspecified atom stereocenters. The Labute approximate surface area is 155 Å². The molecule has 0 saturated carbocycles. The first-order chi connectivity index (χ1) is 12.7. The zero-order valence-corrected chi connectivity index (χ0v) is 15.3. The minimum atomic E-state index is 0.213. The summed E-state index contributed by atoms with van der Waals surface area (Å²) in [5.41, 5.74) is 4.12. The van der Waals surface area contributed by atoms with E-state index in [2.05, 4.69) is 47.9 Å². The lowest BCUT2D eigenvalue weighted by Gasteiger charge is -2.41. The Balaban J connectivity index is 1.33. The van der Waals surface area contributed by atoms with Crippen LogP contribution in [0.1, 0.15) is 24.0 Å². The highest BCUT2D eigenvalue weighted by atomic mass is 16.5. The van der Waals surface area contributed by atoms with Gasteiger partial charge in [0.1, 0.15) is 18.1 Å². The Hall–Kier alpha value is -2.68. The minimum Gasteiger partial charge on any atom is -0.497 e. The van der Waals surface area contributed by atoms with E-state index in [4.69, 9.17) is 9.47 Å². The number of fused-ring (bicyclic) bond motifs is 2. The van der Waals surface area contributed by atoms with Crippen molar-refractivity contribution in [2.45, 2.75) is 18.3 Å². The molecule has 0 amide bonds. The SMILES string of the molecule is C=C(COc1ccc(OC)cc1)N1CCC2(C=Cc3ccccc32)CC1. The van der Waals surface area contributed by atoms with Crippen LogP contribution in [0.15, 0.2) is 66.9 Å². The first-order valence-electron chi connectivity index (χ1n) is 9.18. The lowest BCUT2D eigenvalue weighted by Crippen LogP contribution is -2.41. The van der Waals surface area contributed by atoms with Gasteiger partial charge in [-0.25, -0.2) is 0 Å². The van der Waals surface area contributed by atoms with Crippen molar-refractivity contribution in [2.75, 3.05) is 26.8 Å². The lowest BCUT2D eigenvalue weighted by atomic mass is 9.74. The summed E-state index contributed by atoms with van der Waals surface area (Å²) in [6.07, 6.45) is 6.95. The van der Waals surface area contributed by atoms with Crippen LogP contribution in [0.3, 0.4) is 0 Å². The molecule has 1 aliphatic carbocycles. The summed E-state index contributed by atoms with van der Waals surface area (Å²) in [6, 6.07) is 16.5. The number of allylic oxidation sites excluding steroid dienone is 1. The lowest BCUT2D eigenvalue weighted by molar-refractivity contribution is 0.200. The fraction of sp³-hybridized carbons (Fsp3) is 0.304. The van der Waals surface area contributed by atoms with E-state index in [1.165, 1.54) is 11.1 Å². The molecule has 3 heteroatoms. The molecular formula is C23H25NO2. The van der Waals surface area contributed by atoms with E-state index in [1.54, 1.807) is 7.11 Å². The Morgan fingerprint density at radius 2 is 1.73 bits per heavy atom. The van der Waals surface area contributed by atoms with Gasteiger partial charge in [-0.15, -0.1) is 0 Å². The number of hydrogen-bond donors (Lipinski definition) is 0. The maximum atomic E-state index is 5.88. The van der Waals surface area contributed by atoms with E-state index in [0.29, 0.717) is 6.61 Å². The summed E-state index contributed by atoms with van der Waals surface area (Å²) in [7, 11) is 1.67. The van der Waals surface area contributed by atoms with Crippen molar-refractivity contribution >= 4 is 6.08 Å². The fourth-order valence-corrected chi connectivity index (χ4v) is 4.02. The summed E-state index contributed by atoms with van der Waals surface area (Å²) in [5, 5.41) is 0. The first kappa shape index (κ1) is 16.8. The zero-order valence-electron chi connectivity index (χ0n) is 15.3. The molecule has 2 aliphatic rings. The van der Waals surface area contributed by atoms with Crippen LogP contribution < -0.4 is 9.47 Å². The van der Waals surface area contributed by atoms with E-state index >= 15 is 0 Å². The average Bonchev–Trinajstić information content (AvgIpc) is 3.05. The quantitative estimate of drug-likeness (QED) is 0.786. The van der Waals surface area contributed by atoms with E-state index < -0.39 is 0 Å². The van der Waals surface area contributed by atoms with Crippen molar-refractivity contribution in [3.63, 3.8) is 0 Å². The fourth-order valence-electron chi connectivity index (χ4n) is 4.02. The van der Waals surface area contributed by atoms with Gasteiger partial charge in [-0.1, -0.05) is 43.0 Å². The average molecular weight is 347 g/mol. The van der Waals surface area contributed by atoms with Crippen molar-refractivity contribution in [2.24, 2.45) is 0 Å². The number of rotatable bonds is 5. The van der Waals surface area contributed by atoms with Crippen LogP contribution in [0.5, 0.6) is 11.5 Å². The molecule has 4 rings (SSSR count). The molecule has 0 N–H and O–H groups in total. The molecule has 1 fully saturated rings. The second-order valence-corrected chi connectivity index (χ2v) is 7.09. The van der Waals surface area contributed by atoms with Crippen LogP contribution in [0.4, 0.5) is 0 Å². The van der Waals surface area contributed by atoms with Crippen molar-refractivity contribution in [1.82, 2.24) is 4.90 Å². The topological polar surface area (TPSA) is 21.7 Å². The summed E-state index contributed by atoms with van der Waals surface area (Å²) >= 11 is 0. The van der Waals surface area contributed by atoms with E-state index in [0.717, 1.165) is 43.1 Å². The zero-order chi connectivity index (χ0) is 18.0. The van der Waals surface area contributed by atoms with Gasteiger partial charge in [-0.05, 0) is 48.2 Å². The molecule has 0 atom stereocenters. The van der Waals surface area contributed by atoms with Gasteiger partial charge >= 0.3 is 0 Å². The number of nitrogens with zero attached hydrogens (tertiary/aromatic N) is 1. The minimum absolute atomic E-state index is 0.213. The van der Waals surface area contributed by atoms with Crippen LogP contribution in [-0.2, 0) is 5.41 Å². The molecule has 1 heterocycles. The van der Waals surface area contributed by atoms with Crippen LogP contribution in [0.2, 0.25) is 0 Å². The Bertz CT molecular complexity index is 814. The van der Waals surface area contributed by atoms with Crippen molar-refractivity contribution in [1.29, 1.82) is 0 Å². The third kappa shape index (κ3) is 3.10. The second-order valence-electron chi connectivity index (χ2n) is 7.09. The Morgan fingerprint density at radius 3 is 2.46 bits per heavy atom. The maximum Gasteiger partial charge on any atom is 0.127 e. The van der Waals surface area contributed by atoms with Crippen molar-refractivity contribution in [3.8, 4) is 11.5 Å². The van der Waals surface area contributed by atoms with Crippen LogP contribution in [-0.4, -0.2) is 31.7 Å². The van der Waals surface area contributed by atoms with Crippen molar-refractivity contribution < 1.29 is 9.47 Å². The van der Waals surface area contributed by atoms with Crippen molar-refractivity contribution in [3.05, 3.63) is 78.0 Å². The van der Waals surface area contributed by atoms with Gasteiger partial charge in [0.05, 0.1) is 7.11 Å². The highest BCUT2D eigenvalue weighted by molar-refractivity contribution is 5.65. The first-order valence-corrected chi connectivity index (χ1v) is 9.18. The van der Waals surface area contributed by atoms with Gasteiger partial charge in [0, 0.05) is 24.2 Å². The van der Waals surface area contributed by atoms with Gasteiger partial charge in [0.25, 0.3) is 0 Å². The number of hydrogen-bond acceptors (Lipinski definition) is 3. The van der Waals surface area contributed by atoms with E-state index in [9.17, 15) is 0 Å². The summed E-state index contributed by atoms with van der Waals surface area (Å²) in [6.45, 7) is 6.80. The summed E-state index contributed by atoms with van der Waals surface area (Å²) < 4.78 is 11.1. The van der Waals surface area contributed by atoms with Gasteiger partial charge in [0.15, 0.2) is 0 Å². The Morgan fingerprint density at radius 1 is 1.04 bits per heavy atom. The molecule has 2 aromatic carbocycles. The molecule has 0 radical (unpaired) electrons. The summed E-state index contributed by atoms with van der Waals surface area (Å²) in [4.78, 5) is 2.36. The molecule has 0 bridgehead atoms. The van der Waals surface area contributed by atoms with Crippen LogP contribution >= 0.6 is 0 Å². The number of likely N-dealkylation sites (tertiary alicyclic amines) is 1. The Kier molecular flexibility index (Phi) is 4.46. The van der Waals surface area contributed by atoms with E-state index in [-0.39, 0.29) is 5.41 Å². The highest BCUT2D eigenvalue weighted by Crippen LogP contribution is 2.43. The van der Waals surface area contributed by atoms with Gasteiger partial charge in [-0.2, -0.15) is 0 Å². The van der Waals surface area contributed by atoms with Gasteiger partial charge < -0.3 is 14.4 Å². The molecule has 3 nitrogen and oxygen atoms in total. The highest BCUT2D eigenvalue weighted by Gasteiger charge is 2.37. The number of methoxy groups -OCH3 is 1. The molecule has 2 aromatic rings. The van der Waals surface area contributed by atoms with Gasteiger partial charge in [0.2, 0.25) is 0 Å². The predicted octanol–water partition coefficient (Wildman–Crippen LogP) is 4.65. The van der Waals surface area contributed by atoms with Gasteiger partial charge in [-0.3, -0.25) is 0 Å². The monoisotopic (exact) mass is 347 g/mol. The maximum absolute atomic E-state index is 5.88. The summed E-state index contributed by atoms with van der Waals surface area (Å²) in [5.74, 6) is 1.68. The number of ether oxygens (including phenoxy) is 2. The van der Waals surface area contributed by atoms with Crippen LogP contribution in [0.25, 0.3) is 6.08 Å². The molecule has 0 aromatic heterocycles. The molecule has 1 spiro atoms. The number of benzene rings is 2. The largest absolute Gasteiger partial charge is 0.497 e. The molecule has 134 valence electrons. The third-order valence-corrected chi connectivity index (χ3v) is 5.65. The normalized spacial score (nSPS) is 17.2. The molecule has 1 aliphatic heterocycles. The molecular weight excluding hydrogens is 322 g/mol. The predicted molar refractivity (Wildman–Crippen MR) is 106 cm³/mol. The molecule has 26 heavy (non-hydrogen) atoms. The second kappa shape index (κ2) is 6.91. The number of piperidine rings is 1. The molecule has 1 saturated heterocycles.